The standard InChI is InChI=1S/C22H26N2O5.Na.H/c1-14-19(23-13-27-14)22(2,16-6-4-3-5-7-16)29-17-10-8-15(9-11-17)12-18-20(25)24-21(26)28-18;;/h8-11,13,16,18H,3-7,12H2,1-2H3,(H,24,25,26);;/q;+1;-1. The maximum atomic E-state index is 11.7. The Kier molecular flexibility index (Phi) is 7.26. The second-order valence-electron chi connectivity index (χ2n) is 8.03. The van der Waals surface area contributed by atoms with Gasteiger partial charge in [-0.1, -0.05) is 31.4 Å². The molecule has 1 saturated carbocycles. The molecule has 8 heteroatoms. The molecule has 2 fully saturated rings. The van der Waals surface area contributed by atoms with Gasteiger partial charge in [0.25, 0.3) is 5.91 Å². The largest absolute Gasteiger partial charge is 1.00 e. The molecule has 0 radical (unpaired) electrons. The fraction of sp³-hybridized carbons (Fsp3) is 0.500. The molecule has 156 valence electrons. The van der Waals surface area contributed by atoms with Crippen LogP contribution in [0.1, 0.15) is 57.5 Å². The number of amides is 2. The molecule has 1 aliphatic carbocycles. The number of aromatic nitrogens is 1. The SMILES string of the molecule is Cc1ocnc1C(C)(Oc1ccc(CC2OC(=O)NC2=O)cc1)C1CCCCC1.[H-].[Na+]. The quantitative estimate of drug-likeness (QED) is 0.703. The fourth-order valence-corrected chi connectivity index (χ4v) is 4.44. The van der Waals surface area contributed by atoms with E-state index in [1.807, 2.05) is 31.2 Å². The van der Waals surface area contributed by atoms with Gasteiger partial charge in [0.2, 0.25) is 0 Å². The minimum atomic E-state index is -0.778. The molecule has 2 unspecified atom stereocenters. The van der Waals surface area contributed by atoms with Gasteiger partial charge in [0.15, 0.2) is 18.1 Å². The first-order valence-electron chi connectivity index (χ1n) is 10.2. The maximum Gasteiger partial charge on any atom is 1.00 e. The second kappa shape index (κ2) is 9.54. The fourth-order valence-electron chi connectivity index (χ4n) is 4.44. The average Bonchev–Trinajstić information content (AvgIpc) is 3.29. The molecule has 2 aromatic rings. The van der Waals surface area contributed by atoms with E-state index in [1.165, 1.54) is 25.7 Å². The van der Waals surface area contributed by atoms with Crippen LogP contribution in [0, 0.1) is 12.8 Å². The van der Waals surface area contributed by atoms with E-state index < -0.39 is 23.7 Å². The Labute approximate surface area is 199 Å². The van der Waals surface area contributed by atoms with Gasteiger partial charge < -0.3 is 15.3 Å². The summed E-state index contributed by atoms with van der Waals surface area (Å²) in [5.74, 6) is 1.48. The van der Waals surface area contributed by atoms with Gasteiger partial charge in [-0.3, -0.25) is 10.1 Å². The molecular formula is C22H27N2NaO5. The first-order chi connectivity index (χ1) is 14.0. The van der Waals surface area contributed by atoms with Crippen LogP contribution in [0.25, 0.3) is 0 Å². The number of nitrogens with zero attached hydrogens (tertiary/aromatic N) is 1. The smallest absolute Gasteiger partial charge is 1.00 e. The molecule has 2 aliphatic rings. The van der Waals surface area contributed by atoms with Gasteiger partial charge in [0, 0.05) is 12.3 Å². The number of oxazole rings is 1. The summed E-state index contributed by atoms with van der Waals surface area (Å²) in [6.07, 6.45) is 6.20. The van der Waals surface area contributed by atoms with E-state index in [4.69, 9.17) is 13.9 Å². The van der Waals surface area contributed by atoms with E-state index in [0.29, 0.717) is 12.3 Å². The van der Waals surface area contributed by atoms with Crippen molar-refractivity contribution in [3.8, 4) is 5.75 Å². The molecule has 2 atom stereocenters. The van der Waals surface area contributed by atoms with E-state index in [2.05, 4.69) is 17.2 Å². The second-order valence-corrected chi connectivity index (χ2v) is 8.03. The van der Waals surface area contributed by atoms with E-state index in [0.717, 1.165) is 35.6 Å². The minimum Gasteiger partial charge on any atom is -1.00 e. The third-order valence-electron chi connectivity index (χ3n) is 6.04. The van der Waals surface area contributed by atoms with E-state index >= 15 is 0 Å². The van der Waals surface area contributed by atoms with Crippen LogP contribution in [0.5, 0.6) is 5.75 Å². The van der Waals surface area contributed by atoms with Crippen molar-refractivity contribution in [2.45, 2.75) is 64.1 Å². The molecule has 2 amide bonds. The maximum absolute atomic E-state index is 11.7. The van der Waals surface area contributed by atoms with Crippen molar-refractivity contribution < 1.29 is 54.5 Å². The first kappa shape index (κ1) is 22.8. The van der Waals surface area contributed by atoms with E-state index in [-0.39, 0.29) is 31.0 Å². The number of benzene rings is 1. The van der Waals surface area contributed by atoms with Crippen LogP contribution in [0.15, 0.2) is 35.1 Å². The van der Waals surface area contributed by atoms with Gasteiger partial charge in [-0.2, -0.15) is 0 Å². The van der Waals surface area contributed by atoms with Gasteiger partial charge >= 0.3 is 35.7 Å². The number of nitrogens with one attached hydrogen (secondary N) is 1. The van der Waals surface area contributed by atoms with Gasteiger partial charge in [-0.05, 0) is 44.4 Å². The summed E-state index contributed by atoms with van der Waals surface area (Å²) >= 11 is 0. The molecule has 1 saturated heterocycles. The van der Waals surface area contributed by atoms with Crippen LogP contribution in [-0.2, 0) is 21.6 Å². The number of hydrogen-bond acceptors (Lipinski definition) is 6. The number of alkyl carbamates (subject to hydrolysis) is 1. The van der Waals surface area contributed by atoms with Gasteiger partial charge in [-0.15, -0.1) is 0 Å². The van der Waals surface area contributed by atoms with Crippen molar-refractivity contribution in [2.75, 3.05) is 0 Å². The number of carbonyl (C=O) groups is 2. The van der Waals surface area contributed by atoms with Crippen molar-refractivity contribution in [3.63, 3.8) is 0 Å². The van der Waals surface area contributed by atoms with Crippen LogP contribution >= 0.6 is 0 Å². The number of hydrogen-bond donors (Lipinski definition) is 1. The van der Waals surface area contributed by atoms with Gasteiger partial charge in [-0.25, -0.2) is 9.78 Å². The topological polar surface area (TPSA) is 90.7 Å². The van der Waals surface area contributed by atoms with Gasteiger partial charge in [0.05, 0.1) is 0 Å². The average molecular weight is 422 g/mol. The first-order valence-corrected chi connectivity index (χ1v) is 10.2. The monoisotopic (exact) mass is 422 g/mol. The number of carbonyl (C=O) groups excluding carboxylic acids is 2. The summed E-state index contributed by atoms with van der Waals surface area (Å²) in [7, 11) is 0. The Balaban J connectivity index is 0.00000171. The van der Waals surface area contributed by atoms with Crippen LogP contribution in [0.2, 0.25) is 0 Å². The van der Waals surface area contributed by atoms with Crippen molar-refractivity contribution >= 4 is 12.0 Å². The number of ether oxygens (including phenoxy) is 2. The Morgan fingerprint density at radius 1 is 1.20 bits per heavy atom. The van der Waals surface area contributed by atoms with Crippen molar-refractivity contribution in [3.05, 3.63) is 47.7 Å². The summed E-state index contributed by atoms with van der Waals surface area (Å²) in [6.45, 7) is 4.02. The number of cyclic esters (lactones) is 1. The molecule has 1 aromatic carbocycles. The van der Waals surface area contributed by atoms with Crippen molar-refractivity contribution in [1.82, 2.24) is 10.3 Å². The summed E-state index contributed by atoms with van der Waals surface area (Å²) in [4.78, 5) is 27.3. The molecule has 7 nitrogen and oxygen atoms in total. The zero-order valence-corrected chi connectivity index (χ0v) is 19.8. The van der Waals surface area contributed by atoms with Crippen molar-refractivity contribution in [1.29, 1.82) is 0 Å². The van der Waals surface area contributed by atoms with E-state index in [1.54, 1.807) is 0 Å². The third-order valence-corrected chi connectivity index (χ3v) is 6.04. The zero-order valence-electron chi connectivity index (χ0n) is 18.8. The summed E-state index contributed by atoms with van der Waals surface area (Å²) in [6, 6.07) is 7.57. The summed E-state index contributed by atoms with van der Waals surface area (Å²) < 4.78 is 17.0. The van der Waals surface area contributed by atoms with Crippen molar-refractivity contribution in [2.24, 2.45) is 5.92 Å². The molecule has 4 rings (SSSR count). The summed E-state index contributed by atoms with van der Waals surface area (Å²) in [5.41, 5.74) is 1.17. The number of imide groups is 1. The predicted molar refractivity (Wildman–Crippen MR) is 105 cm³/mol. The molecule has 1 aliphatic heterocycles. The zero-order chi connectivity index (χ0) is 20.4. The number of rotatable bonds is 6. The molecule has 1 N–H and O–H groups in total. The Morgan fingerprint density at radius 3 is 2.47 bits per heavy atom. The predicted octanol–water partition coefficient (Wildman–Crippen LogP) is 1.15. The number of aryl methyl sites for hydroxylation is 1. The Bertz CT molecular complexity index is 898. The molecule has 0 spiro atoms. The van der Waals surface area contributed by atoms with Crippen LogP contribution in [0.4, 0.5) is 4.79 Å². The molecule has 2 heterocycles. The van der Waals surface area contributed by atoms with Gasteiger partial charge in [0.1, 0.15) is 17.2 Å². The molecule has 0 bridgehead atoms. The Hall–Kier alpha value is -1.83. The normalized spacial score (nSPS) is 21.3. The molecule has 1 aromatic heterocycles. The Morgan fingerprint density at radius 2 is 1.90 bits per heavy atom. The van der Waals surface area contributed by atoms with Crippen LogP contribution in [0.3, 0.4) is 0 Å². The minimum absolute atomic E-state index is 0. The van der Waals surface area contributed by atoms with Crippen LogP contribution < -0.4 is 39.6 Å². The van der Waals surface area contributed by atoms with E-state index in [9.17, 15) is 9.59 Å². The third kappa shape index (κ3) is 4.74. The molecule has 30 heavy (non-hydrogen) atoms. The summed E-state index contributed by atoms with van der Waals surface area (Å²) in [5, 5.41) is 2.15. The molecular weight excluding hydrogens is 395 g/mol. The van der Waals surface area contributed by atoms with Crippen LogP contribution in [-0.4, -0.2) is 23.1 Å².